The normalized spacial score (nSPS) is 10.1. The standard InChI is InChI=1S/C14H15ClN2O/c1-18-14-12(3-2-8-16-14)10-17-13-6-4-11(9-15)5-7-13/h2-8,17H,9-10H2,1H3. The lowest BCUT2D eigenvalue weighted by Crippen LogP contribution is -2.02. The van der Waals surface area contributed by atoms with Gasteiger partial charge in [0.25, 0.3) is 0 Å². The van der Waals surface area contributed by atoms with Gasteiger partial charge in [0, 0.05) is 29.9 Å². The molecular weight excluding hydrogens is 248 g/mol. The monoisotopic (exact) mass is 262 g/mol. The van der Waals surface area contributed by atoms with Crippen molar-refractivity contribution in [1.82, 2.24) is 4.98 Å². The lowest BCUT2D eigenvalue weighted by Gasteiger charge is -2.09. The van der Waals surface area contributed by atoms with Gasteiger partial charge in [-0.15, -0.1) is 11.6 Å². The van der Waals surface area contributed by atoms with Crippen LogP contribution in [0.25, 0.3) is 0 Å². The molecule has 4 heteroatoms. The second kappa shape index (κ2) is 6.26. The summed E-state index contributed by atoms with van der Waals surface area (Å²) in [5.41, 5.74) is 3.19. The number of ether oxygens (including phenoxy) is 1. The highest BCUT2D eigenvalue weighted by Crippen LogP contribution is 2.17. The van der Waals surface area contributed by atoms with E-state index in [0.29, 0.717) is 18.3 Å². The Balaban J connectivity index is 2.02. The maximum absolute atomic E-state index is 5.75. The maximum Gasteiger partial charge on any atom is 0.218 e. The van der Waals surface area contributed by atoms with E-state index in [9.17, 15) is 0 Å². The lowest BCUT2D eigenvalue weighted by atomic mass is 10.2. The van der Waals surface area contributed by atoms with Crippen molar-refractivity contribution in [2.24, 2.45) is 0 Å². The molecule has 0 aliphatic rings. The predicted molar refractivity (Wildman–Crippen MR) is 74.1 cm³/mol. The van der Waals surface area contributed by atoms with E-state index < -0.39 is 0 Å². The number of hydrogen-bond donors (Lipinski definition) is 1. The van der Waals surface area contributed by atoms with Gasteiger partial charge in [-0.1, -0.05) is 18.2 Å². The summed E-state index contributed by atoms with van der Waals surface area (Å²) in [6, 6.07) is 11.9. The van der Waals surface area contributed by atoms with E-state index >= 15 is 0 Å². The summed E-state index contributed by atoms with van der Waals surface area (Å²) in [6.07, 6.45) is 1.72. The number of anilines is 1. The van der Waals surface area contributed by atoms with Gasteiger partial charge in [0.1, 0.15) is 0 Å². The van der Waals surface area contributed by atoms with Crippen molar-refractivity contribution in [3.05, 3.63) is 53.7 Å². The van der Waals surface area contributed by atoms with Crippen molar-refractivity contribution in [2.45, 2.75) is 12.4 Å². The minimum Gasteiger partial charge on any atom is -0.481 e. The zero-order valence-electron chi connectivity index (χ0n) is 10.2. The number of nitrogens with one attached hydrogen (secondary N) is 1. The number of rotatable bonds is 5. The van der Waals surface area contributed by atoms with E-state index in [1.54, 1.807) is 13.3 Å². The molecule has 18 heavy (non-hydrogen) atoms. The van der Waals surface area contributed by atoms with E-state index in [1.807, 2.05) is 36.4 Å². The first kappa shape index (κ1) is 12.7. The fourth-order valence-corrected chi connectivity index (χ4v) is 1.83. The molecule has 0 radical (unpaired) electrons. The van der Waals surface area contributed by atoms with Gasteiger partial charge in [-0.05, 0) is 23.8 Å². The van der Waals surface area contributed by atoms with Gasteiger partial charge in [0.15, 0.2) is 0 Å². The zero-order chi connectivity index (χ0) is 12.8. The van der Waals surface area contributed by atoms with Crippen LogP contribution in [0, 0.1) is 0 Å². The van der Waals surface area contributed by atoms with Crippen molar-refractivity contribution in [1.29, 1.82) is 0 Å². The first-order chi connectivity index (χ1) is 8.83. The lowest BCUT2D eigenvalue weighted by molar-refractivity contribution is 0.393. The van der Waals surface area contributed by atoms with E-state index in [4.69, 9.17) is 16.3 Å². The van der Waals surface area contributed by atoms with Gasteiger partial charge < -0.3 is 10.1 Å². The van der Waals surface area contributed by atoms with Crippen LogP contribution in [0.3, 0.4) is 0 Å². The minimum absolute atomic E-state index is 0.538. The van der Waals surface area contributed by atoms with Crippen LogP contribution in [-0.4, -0.2) is 12.1 Å². The van der Waals surface area contributed by atoms with Crippen LogP contribution in [0.2, 0.25) is 0 Å². The van der Waals surface area contributed by atoms with E-state index in [0.717, 1.165) is 16.8 Å². The second-order valence-electron chi connectivity index (χ2n) is 3.86. The number of hydrogen-bond acceptors (Lipinski definition) is 3. The largest absolute Gasteiger partial charge is 0.481 e. The van der Waals surface area contributed by atoms with Crippen molar-refractivity contribution in [3.63, 3.8) is 0 Å². The van der Waals surface area contributed by atoms with Crippen molar-refractivity contribution in [2.75, 3.05) is 12.4 Å². The Morgan fingerprint density at radius 3 is 2.67 bits per heavy atom. The quantitative estimate of drug-likeness (QED) is 0.838. The highest BCUT2D eigenvalue weighted by atomic mass is 35.5. The Labute approximate surface area is 112 Å². The van der Waals surface area contributed by atoms with Gasteiger partial charge in [0.05, 0.1) is 7.11 Å². The Bertz CT molecular complexity index is 499. The van der Waals surface area contributed by atoms with Crippen LogP contribution in [0.15, 0.2) is 42.6 Å². The summed E-state index contributed by atoms with van der Waals surface area (Å²) in [7, 11) is 1.63. The number of alkyl halides is 1. The van der Waals surface area contributed by atoms with Crippen LogP contribution >= 0.6 is 11.6 Å². The molecule has 0 amide bonds. The molecule has 0 aliphatic heterocycles. The van der Waals surface area contributed by atoms with Crippen LogP contribution in [0.4, 0.5) is 5.69 Å². The number of benzene rings is 1. The average Bonchev–Trinajstić information content (AvgIpc) is 2.46. The molecule has 0 atom stereocenters. The highest BCUT2D eigenvalue weighted by molar-refractivity contribution is 6.17. The SMILES string of the molecule is COc1ncccc1CNc1ccc(CCl)cc1. The summed E-state index contributed by atoms with van der Waals surface area (Å²) in [5, 5.41) is 3.32. The Kier molecular flexibility index (Phi) is 4.42. The third kappa shape index (κ3) is 3.14. The van der Waals surface area contributed by atoms with Gasteiger partial charge >= 0.3 is 0 Å². The van der Waals surface area contributed by atoms with Gasteiger partial charge in [-0.3, -0.25) is 0 Å². The summed E-state index contributed by atoms with van der Waals surface area (Å²) >= 11 is 5.75. The molecule has 2 rings (SSSR count). The highest BCUT2D eigenvalue weighted by Gasteiger charge is 2.02. The number of nitrogens with zero attached hydrogens (tertiary/aromatic N) is 1. The summed E-state index contributed by atoms with van der Waals surface area (Å²) < 4.78 is 5.20. The van der Waals surface area contributed by atoms with E-state index in [2.05, 4.69) is 10.3 Å². The first-order valence-electron chi connectivity index (χ1n) is 5.70. The molecule has 0 spiro atoms. The molecular formula is C14H15ClN2O. The van der Waals surface area contributed by atoms with Gasteiger partial charge in [-0.25, -0.2) is 4.98 Å². The van der Waals surface area contributed by atoms with Crippen LogP contribution in [-0.2, 0) is 12.4 Å². The third-order valence-electron chi connectivity index (χ3n) is 2.63. The zero-order valence-corrected chi connectivity index (χ0v) is 10.9. The van der Waals surface area contributed by atoms with Crippen LogP contribution < -0.4 is 10.1 Å². The summed E-state index contributed by atoms with van der Waals surface area (Å²) in [6.45, 7) is 0.678. The van der Waals surface area contributed by atoms with Crippen molar-refractivity contribution >= 4 is 17.3 Å². The molecule has 2 aromatic rings. The van der Waals surface area contributed by atoms with E-state index in [1.165, 1.54) is 0 Å². The molecule has 1 aromatic carbocycles. The minimum atomic E-state index is 0.538. The molecule has 0 bridgehead atoms. The molecule has 0 saturated heterocycles. The molecule has 0 fully saturated rings. The Morgan fingerprint density at radius 1 is 1.22 bits per heavy atom. The average molecular weight is 263 g/mol. The molecule has 0 unspecified atom stereocenters. The number of halogens is 1. The molecule has 0 aliphatic carbocycles. The van der Waals surface area contributed by atoms with Crippen LogP contribution in [0.1, 0.15) is 11.1 Å². The predicted octanol–water partition coefficient (Wildman–Crippen LogP) is 3.44. The van der Waals surface area contributed by atoms with Crippen molar-refractivity contribution < 1.29 is 4.74 Å². The molecule has 3 nitrogen and oxygen atoms in total. The molecule has 1 aromatic heterocycles. The summed E-state index contributed by atoms with van der Waals surface area (Å²) in [4.78, 5) is 4.16. The van der Waals surface area contributed by atoms with E-state index in [-0.39, 0.29) is 0 Å². The molecule has 1 heterocycles. The molecule has 1 N–H and O–H groups in total. The first-order valence-corrected chi connectivity index (χ1v) is 6.23. The maximum atomic E-state index is 5.75. The third-order valence-corrected chi connectivity index (χ3v) is 2.94. The second-order valence-corrected chi connectivity index (χ2v) is 4.12. The molecule has 94 valence electrons. The Hall–Kier alpha value is -1.74. The topological polar surface area (TPSA) is 34.1 Å². The van der Waals surface area contributed by atoms with Gasteiger partial charge in [-0.2, -0.15) is 0 Å². The number of pyridine rings is 1. The number of methoxy groups -OCH3 is 1. The smallest absolute Gasteiger partial charge is 0.218 e. The fourth-order valence-electron chi connectivity index (χ4n) is 1.65. The Morgan fingerprint density at radius 2 is 2.00 bits per heavy atom. The summed E-state index contributed by atoms with van der Waals surface area (Å²) in [5.74, 6) is 1.19. The fraction of sp³-hybridized carbons (Fsp3) is 0.214. The van der Waals surface area contributed by atoms with Crippen LogP contribution in [0.5, 0.6) is 5.88 Å². The van der Waals surface area contributed by atoms with Gasteiger partial charge in [0.2, 0.25) is 5.88 Å². The van der Waals surface area contributed by atoms with Crippen molar-refractivity contribution in [3.8, 4) is 5.88 Å². The number of aromatic nitrogens is 1. The molecule has 0 saturated carbocycles.